The second-order valence-corrected chi connectivity index (χ2v) is 18.8. The Morgan fingerprint density at radius 1 is 0.740 bits per heavy atom. The second-order valence-electron chi connectivity index (χ2n) is 12.8. The van der Waals surface area contributed by atoms with E-state index >= 15 is 0 Å². The Morgan fingerprint density at radius 2 is 1.24 bits per heavy atom. The standard InChI is InChI=1S/C40H41N2O5PS2/c1-40(2,3)49(43)41-39(29-25-30(46-4)27-31(26-29)47-5)38-35-23-15-16-24-36(35)42(50(44,45)34-21-13-8-14-22-34)37(38)28-48(32-17-9-6-10-18-32)33-19-11-7-12-20-33/h6-27,39,41H,28H2,1-5H3/t39-,49+/m0/s1. The average molecular weight is 725 g/mol. The number of nitrogens with zero attached hydrogens (tertiary/aromatic N) is 1. The van der Waals surface area contributed by atoms with Gasteiger partial charge in [-0.3, -0.25) is 0 Å². The van der Waals surface area contributed by atoms with Gasteiger partial charge in [-0.15, -0.1) is 0 Å². The molecule has 0 aliphatic rings. The number of para-hydroxylation sites is 1. The molecule has 258 valence electrons. The largest absolute Gasteiger partial charge is 0.497 e. The van der Waals surface area contributed by atoms with E-state index in [0.29, 0.717) is 28.9 Å². The molecule has 6 rings (SSSR count). The highest BCUT2D eigenvalue weighted by molar-refractivity contribution is 7.90. The minimum absolute atomic E-state index is 0.183. The van der Waals surface area contributed by atoms with Crippen LogP contribution in [-0.4, -0.2) is 35.6 Å². The predicted octanol–water partition coefficient (Wildman–Crippen LogP) is 7.67. The van der Waals surface area contributed by atoms with Crippen LogP contribution in [0.2, 0.25) is 0 Å². The number of nitrogens with one attached hydrogen (secondary N) is 1. The van der Waals surface area contributed by atoms with Crippen molar-refractivity contribution in [2.45, 2.75) is 42.6 Å². The first-order valence-corrected chi connectivity index (χ1v) is 20.4. The van der Waals surface area contributed by atoms with Crippen LogP contribution >= 0.6 is 7.92 Å². The Bertz CT molecular complexity index is 2160. The Morgan fingerprint density at radius 3 is 1.76 bits per heavy atom. The highest BCUT2D eigenvalue weighted by Crippen LogP contribution is 2.46. The van der Waals surface area contributed by atoms with E-state index < -0.39 is 39.7 Å². The lowest BCUT2D eigenvalue weighted by Gasteiger charge is -2.28. The van der Waals surface area contributed by atoms with Gasteiger partial charge in [0, 0.05) is 28.9 Å². The van der Waals surface area contributed by atoms with Gasteiger partial charge in [-0.25, -0.2) is 21.3 Å². The quantitative estimate of drug-likeness (QED) is 0.131. The number of fused-ring (bicyclic) bond motifs is 1. The smallest absolute Gasteiger partial charge is 0.268 e. The summed E-state index contributed by atoms with van der Waals surface area (Å²) in [4.78, 5) is 0.183. The van der Waals surface area contributed by atoms with Crippen LogP contribution in [0.25, 0.3) is 10.9 Å². The zero-order valence-electron chi connectivity index (χ0n) is 28.7. The molecule has 1 N–H and O–H groups in total. The van der Waals surface area contributed by atoms with E-state index in [0.717, 1.165) is 27.1 Å². The van der Waals surface area contributed by atoms with E-state index in [9.17, 15) is 12.6 Å². The van der Waals surface area contributed by atoms with Crippen LogP contribution in [0.4, 0.5) is 0 Å². The molecule has 10 heteroatoms. The molecule has 50 heavy (non-hydrogen) atoms. The molecule has 1 heterocycles. The lowest BCUT2D eigenvalue weighted by atomic mass is 9.96. The molecular formula is C40H41N2O5PS2. The molecule has 0 aliphatic heterocycles. The lowest BCUT2D eigenvalue weighted by molar-refractivity contribution is 0.393. The molecule has 1 aromatic heterocycles. The number of aromatic nitrogens is 1. The van der Waals surface area contributed by atoms with Crippen molar-refractivity contribution in [1.82, 2.24) is 8.69 Å². The third-order valence-electron chi connectivity index (χ3n) is 8.47. The Labute approximate surface area is 298 Å². The summed E-state index contributed by atoms with van der Waals surface area (Å²) in [5, 5.41) is 2.96. The van der Waals surface area contributed by atoms with Gasteiger partial charge in [0.15, 0.2) is 0 Å². The van der Waals surface area contributed by atoms with E-state index in [1.165, 1.54) is 3.97 Å². The summed E-state index contributed by atoms with van der Waals surface area (Å²) in [5.41, 5.74) is 2.61. The van der Waals surface area contributed by atoms with Crippen molar-refractivity contribution in [3.05, 3.63) is 150 Å². The van der Waals surface area contributed by atoms with Crippen LogP contribution in [0.3, 0.4) is 0 Å². The van der Waals surface area contributed by atoms with E-state index in [2.05, 4.69) is 29.0 Å². The van der Waals surface area contributed by atoms with Crippen LogP contribution in [0, 0.1) is 0 Å². The van der Waals surface area contributed by atoms with Crippen LogP contribution in [0.1, 0.15) is 43.6 Å². The van der Waals surface area contributed by atoms with Gasteiger partial charge < -0.3 is 9.47 Å². The van der Waals surface area contributed by atoms with E-state index in [-0.39, 0.29) is 4.90 Å². The Hall–Kier alpha value is -4.27. The number of benzene rings is 5. The zero-order valence-corrected chi connectivity index (χ0v) is 31.3. The third-order valence-corrected chi connectivity index (χ3v) is 14.3. The van der Waals surface area contributed by atoms with Gasteiger partial charge in [-0.05, 0) is 75.2 Å². The lowest BCUT2D eigenvalue weighted by Crippen LogP contribution is -2.36. The van der Waals surface area contributed by atoms with E-state index in [4.69, 9.17) is 9.47 Å². The van der Waals surface area contributed by atoms with Crippen molar-refractivity contribution >= 4 is 50.4 Å². The molecule has 0 aliphatic carbocycles. The Kier molecular flexibility index (Phi) is 10.6. The molecule has 0 bridgehead atoms. The van der Waals surface area contributed by atoms with Crippen LogP contribution in [0.15, 0.2) is 138 Å². The van der Waals surface area contributed by atoms with Crippen molar-refractivity contribution in [1.29, 1.82) is 0 Å². The van der Waals surface area contributed by atoms with Crippen molar-refractivity contribution in [2.75, 3.05) is 14.2 Å². The summed E-state index contributed by atoms with van der Waals surface area (Å²) in [6.07, 6.45) is 0.390. The van der Waals surface area contributed by atoms with Crippen molar-refractivity contribution < 1.29 is 22.1 Å². The number of rotatable bonds is 12. The van der Waals surface area contributed by atoms with Gasteiger partial charge >= 0.3 is 0 Å². The first-order chi connectivity index (χ1) is 24.0. The van der Waals surface area contributed by atoms with Gasteiger partial charge in [0.25, 0.3) is 10.0 Å². The maximum absolute atomic E-state index is 14.9. The first kappa shape index (κ1) is 35.6. The normalized spacial score (nSPS) is 13.3. The maximum Gasteiger partial charge on any atom is 0.268 e. The molecule has 0 radical (unpaired) electrons. The molecule has 7 nitrogen and oxygen atoms in total. The maximum atomic E-state index is 14.9. The van der Waals surface area contributed by atoms with Crippen LogP contribution in [0.5, 0.6) is 11.5 Å². The summed E-state index contributed by atoms with van der Waals surface area (Å²) in [6, 6.07) is 41.4. The molecule has 0 saturated carbocycles. The minimum Gasteiger partial charge on any atom is -0.497 e. The van der Waals surface area contributed by atoms with Crippen LogP contribution in [-0.2, 0) is 27.2 Å². The van der Waals surface area contributed by atoms with Crippen molar-refractivity contribution in [2.24, 2.45) is 0 Å². The highest BCUT2D eigenvalue weighted by atomic mass is 32.2. The summed E-state index contributed by atoms with van der Waals surface area (Å²) < 4.78 is 59.6. The fourth-order valence-corrected chi connectivity index (χ4v) is 10.8. The number of ether oxygens (including phenoxy) is 2. The molecule has 0 spiro atoms. The molecule has 5 aromatic carbocycles. The van der Waals surface area contributed by atoms with Crippen molar-refractivity contribution in [3.8, 4) is 11.5 Å². The summed E-state index contributed by atoms with van der Waals surface area (Å²) in [5.74, 6) is 1.12. The second kappa shape index (κ2) is 14.9. The van der Waals surface area contributed by atoms with E-state index in [1.54, 1.807) is 50.6 Å². The molecule has 0 saturated heterocycles. The van der Waals surface area contributed by atoms with E-state index in [1.807, 2.05) is 93.6 Å². The topological polar surface area (TPSA) is 86.6 Å². The molecule has 0 amide bonds. The predicted molar refractivity (Wildman–Crippen MR) is 206 cm³/mol. The number of methoxy groups -OCH3 is 2. The highest BCUT2D eigenvalue weighted by Gasteiger charge is 2.35. The molecule has 2 atom stereocenters. The first-order valence-electron chi connectivity index (χ1n) is 16.2. The molecule has 6 aromatic rings. The number of hydrogen-bond donors (Lipinski definition) is 1. The molecule has 0 fully saturated rings. The van der Waals surface area contributed by atoms with Gasteiger partial charge in [0.05, 0.1) is 46.4 Å². The molecular weight excluding hydrogens is 684 g/mol. The van der Waals surface area contributed by atoms with Crippen molar-refractivity contribution in [3.63, 3.8) is 0 Å². The third kappa shape index (κ3) is 7.28. The average Bonchev–Trinajstić information content (AvgIpc) is 3.47. The van der Waals surface area contributed by atoms with Crippen LogP contribution < -0.4 is 24.8 Å². The number of hydrogen-bond acceptors (Lipinski definition) is 5. The fraction of sp³-hybridized carbons (Fsp3) is 0.200. The summed E-state index contributed by atoms with van der Waals surface area (Å²) >= 11 is 0. The summed E-state index contributed by atoms with van der Waals surface area (Å²) in [6.45, 7) is 5.73. The Balaban J connectivity index is 1.73. The molecule has 0 unspecified atom stereocenters. The van der Waals surface area contributed by atoms with Gasteiger partial charge in [0.1, 0.15) is 11.5 Å². The summed E-state index contributed by atoms with van der Waals surface area (Å²) in [7, 11) is -3.59. The minimum atomic E-state index is -4.11. The van der Waals surface area contributed by atoms with Gasteiger partial charge in [-0.2, -0.15) is 0 Å². The monoisotopic (exact) mass is 724 g/mol. The SMILES string of the molecule is COc1cc(OC)cc([C@H](N[S@](=O)C(C)(C)C)c2c(CP(c3ccccc3)c3ccccc3)n(S(=O)(=O)c3ccccc3)c3ccccc23)c1. The fourth-order valence-electron chi connectivity index (χ4n) is 6.00. The van der Waals surface area contributed by atoms with Gasteiger partial charge in [0.2, 0.25) is 0 Å². The zero-order chi connectivity index (χ0) is 35.5. The van der Waals surface area contributed by atoms with Gasteiger partial charge in [-0.1, -0.05) is 97.1 Å².